The number of aromatic nitrogens is 4. The highest BCUT2D eigenvalue weighted by molar-refractivity contribution is 5.83. The summed E-state index contributed by atoms with van der Waals surface area (Å²) >= 11 is 0. The molecule has 2 aromatic carbocycles. The van der Waals surface area contributed by atoms with Gasteiger partial charge in [0.15, 0.2) is 0 Å². The lowest BCUT2D eigenvalue weighted by Gasteiger charge is -2.28. The van der Waals surface area contributed by atoms with Gasteiger partial charge in [-0.2, -0.15) is 0 Å². The second-order valence-electron chi connectivity index (χ2n) is 12.1. The number of aromatic amines is 2. The number of nitrogens with one attached hydrogen (secondary N) is 3. The molecule has 1 aliphatic carbocycles. The fourth-order valence-electron chi connectivity index (χ4n) is 7.54. The smallest absolute Gasteiger partial charge is 0.407 e. The van der Waals surface area contributed by atoms with E-state index in [0.29, 0.717) is 6.54 Å². The number of carbonyl (C=O) groups is 2. The van der Waals surface area contributed by atoms with Crippen molar-refractivity contribution >= 4 is 12.0 Å². The average molecular weight is 580 g/mol. The summed E-state index contributed by atoms with van der Waals surface area (Å²) in [5, 5.41) is 2.51. The standard InChI is InChI=1S/C33H37N7O3/c1-39-15-13-33(19-39)12-11-25-24(10-9-23(30(25)33)21-5-7-22(8-6-21)26-16-34-20-37-26)27-17-35-31(38-27)28-4-3-14-40(28)29(41)18-36-32(42)43-2/h5-10,16-17,20,28H,3-4,11-15,18-19H2,1-2H3,(H,34,37)(H,35,38)(H,36,42). The maximum absolute atomic E-state index is 12.9. The number of methoxy groups -OCH3 is 1. The van der Waals surface area contributed by atoms with Crippen LogP contribution in [0, 0.1) is 0 Å². The zero-order valence-electron chi connectivity index (χ0n) is 24.7. The Morgan fingerprint density at radius 3 is 2.60 bits per heavy atom. The number of fused-ring (bicyclic) bond motifs is 2. The molecular formula is C33H37N7O3. The van der Waals surface area contributed by atoms with E-state index in [1.807, 2.05) is 17.3 Å². The van der Waals surface area contributed by atoms with Crippen LogP contribution in [-0.4, -0.2) is 82.1 Å². The fraction of sp³-hybridized carbons (Fsp3) is 0.394. The number of alkyl carbamates (subject to hydrolysis) is 1. The van der Waals surface area contributed by atoms with E-state index >= 15 is 0 Å². The molecule has 4 heterocycles. The molecule has 0 bridgehead atoms. The number of amides is 2. The number of benzene rings is 2. The summed E-state index contributed by atoms with van der Waals surface area (Å²) in [4.78, 5) is 44.4. The molecule has 3 N–H and O–H groups in total. The lowest BCUT2D eigenvalue weighted by atomic mass is 9.77. The largest absolute Gasteiger partial charge is 0.453 e. The maximum atomic E-state index is 12.9. The minimum absolute atomic E-state index is 0.0922. The molecule has 43 heavy (non-hydrogen) atoms. The number of imidazole rings is 2. The van der Waals surface area contributed by atoms with Gasteiger partial charge in [-0.25, -0.2) is 14.8 Å². The first kappa shape index (κ1) is 27.4. The third kappa shape index (κ3) is 4.89. The second-order valence-corrected chi connectivity index (χ2v) is 12.1. The first-order chi connectivity index (χ1) is 21.0. The van der Waals surface area contributed by atoms with Crippen molar-refractivity contribution in [1.29, 1.82) is 0 Å². The third-order valence-corrected chi connectivity index (χ3v) is 9.59. The molecule has 7 rings (SSSR count). The highest BCUT2D eigenvalue weighted by atomic mass is 16.5. The number of ether oxygens (including phenoxy) is 1. The van der Waals surface area contributed by atoms with Crippen LogP contribution >= 0.6 is 0 Å². The van der Waals surface area contributed by atoms with E-state index < -0.39 is 6.09 Å². The van der Waals surface area contributed by atoms with E-state index in [0.717, 1.165) is 68.0 Å². The average Bonchev–Trinajstić information content (AvgIpc) is 3.87. The van der Waals surface area contributed by atoms with E-state index in [2.05, 4.69) is 73.4 Å². The number of likely N-dealkylation sites (tertiary alicyclic amines) is 2. The van der Waals surface area contributed by atoms with Crippen molar-refractivity contribution in [2.45, 2.75) is 43.6 Å². The predicted molar refractivity (Wildman–Crippen MR) is 163 cm³/mol. The van der Waals surface area contributed by atoms with Gasteiger partial charge in [-0.05, 0) is 73.5 Å². The molecule has 3 aliphatic rings. The van der Waals surface area contributed by atoms with Crippen molar-refractivity contribution in [2.75, 3.05) is 40.3 Å². The summed E-state index contributed by atoms with van der Waals surface area (Å²) in [6, 6.07) is 13.2. The summed E-state index contributed by atoms with van der Waals surface area (Å²) in [5.74, 6) is 0.654. The number of nitrogens with zero attached hydrogens (tertiary/aromatic N) is 4. The van der Waals surface area contributed by atoms with Gasteiger partial charge in [-0.1, -0.05) is 36.4 Å². The third-order valence-electron chi connectivity index (χ3n) is 9.59. The second kappa shape index (κ2) is 11.0. The van der Waals surface area contributed by atoms with E-state index in [-0.39, 0.29) is 23.9 Å². The van der Waals surface area contributed by atoms with Gasteiger partial charge in [0.1, 0.15) is 12.4 Å². The Bertz CT molecular complexity index is 1650. The molecule has 4 aromatic rings. The van der Waals surface area contributed by atoms with Crippen LogP contribution in [0.25, 0.3) is 33.6 Å². The van der Waals surface area contributed by atoms with E-state index in [1.165, 1.54) is 34.9 Å². The molecule has 2 aliphatic heterocycles. The maximum Gasteiger partial charge on any atom is 0.407 e. The molecule has 2 aromatic heterocycles. The number of hydrogen-bond donors (Lipinski definition) is 3. The number of H-pyrrole nitrogens is 2. The number of rotatable bonds is 6. The molecule has 2 fully saturated rings. The van der Waals surface area contributed by atoms with Gasteiger partial charge >= 0.3 is 6.09 Å². The van der Waals surface area contributed by atoms with Crippen LogP contribution in [0.15, 0.2) is 55.1 Å². The Balaban J connectivity index is 1.22. The Morgan fingerprint density at radius 1 is 1.05 bits per heavy atom. The number of likely N-dealkylation sites (N-methyl/N-ethyl adjacent to an activating group) is 1. The topological polar surface area (TPSA) is 119 Å². The van der Waals surface area contributed by atoms with Gasteiger partial charge in [0.25, 0.3) is 0 Å². The molecule has 10 nitrogen and oxygen atoms in total. The van der Waals surface area contributed by atoms with Crippen LogP contribution in [0.1, 0.15) is 48.7 Å². The zero-order valence-corrected chi connectivity index (χ0v) is 24.7. The van der Waals surface area contributed by atoms with Crippen LogP contribution in [0.5, 0.6) is 0 Å². The van der Waals surface area contributed by atoms with Crippen molar-refractivity contribution < 1.29 is 14.3 Å². The van der Waals surface area contributed by atoms with E-state index in [4.69, 9.17) is 4.98 Å². The zero-order chi connectivity index (χ0) is 29.6. The molecule has 0 radical (unpaired) electrons. The Kier molecular flexibility index (Phi) is 7.01. The van der Waals surface area contributed by atoms with Crippen molar-refractivity contribution in [3.63, 3.8) is 0 Å². The van der Waals surface area contributed by atoms with Crippen LogP contribution in [-0.2, 0) is 21.4 Å². The van der Waals surface area contributed by atoms with Gasteiger partial charge in [0.05, 0.1) is 43.3 Å². The van der Waals surface area contributed by atoms with Crippen LogP contribution in [0.2, 0.25) is 0 Å². The quantitative estimate of drug-likeness (QED) is 0.305. The Morgan fingerprint density at radius 2 is 1.86 bits per heavy atom. The molecule has 10 heteroatoms. The molecule has 0 saturated carbocycles. The van der Waals surface area contributed by atoms with Crippen LogP contribution in [0.4, 0.5) is 4.79 Å². The molecule has 1 spiro atoms. The lowest BCUT2D eigenvalue weighted by Crippen LogP contribution is -2.40. The first-order valence-electron chi connectivity index (χ1n) is 15.1. The number of carbonyl (C=O) groups excluding carboxylic acids is 2. The van der Waals surface area contributed by atoms with Crippen molar-refractivity contribution in [3.8, 4) is 33.6 Å². The van der Waals surface area contributed by atoms with E-state index in [1.54, 1.807) is 6.33 Å². The lowest BCUT2D eigenvalue weighted by molar-refractivity contribution is -0.131. The highest BCUT2D eigenvalue weighted by Gasteiger charge is 2.45. The van der Waals surface area contributed by atoms with Crippen molar-refractivity contribution in [3.05, 3.63) is 72.1 Å². The van der Waals surface area contributed by atoms with Gasteiger partial charge in [-0.3, -0.25) is 4.79 Å². The summed E-state index contributed by atoms with van der Waals surface area (Å²) < 4.78 is 4.62. The van der Waals surface area contributed by atoms with Gasteiger partial charge in [0.2, 0.25) is 5.91 Å². The molecule has 2 amide bonds. The molecule has 222 valence electrons. The normalized spacial score (nSPS) is 21.4. The van der Waals surface area contributed by atoms with Gasteiger partial charge in [0, 0.05) is 24.1 Å². The van der Waals surface area contributed by atoms with Crippen molar-refractivity contribution in [2.24, 2.45) is 0 Å². The van der Waals surface area contributed by atoms with E-state index in [9.17, 15) is 9.59 Å². The first-order valence-corrected chi connectivity index (χ1v) is 15.1. The molecular weight excluding hydrogens is 542 g/mol. The van der Waals surface area contributed by atoms with Gasteiger partial charge < -0.3 is 29.8 Å². The van der Waals surface area contributed by atoms with Gasteiger partial charge in [-0.15, -0.1) is 0 Å². The number of hydrogen-bond acceptors (Lipinski definition) is 6. The summed E-state index contributed by atoms with van der Waals surface area (Å²) in [6.07, 6.45) is 9.92. The predicted octanol–water partition coefficient (Wildman–Crippen LogP) is 4.67. The summed E-state index contributed by atoms with van der Waals surface area (Å²) in [7, 11) is 3.52. The summed E-state index contributed by atoms with van der Waals surface area (Å²) in [6.45, 7) is 2.72. The Hall–Kier alpha value is -4.44. The molecule has 2 saturated heterocycles. The minimum Gasteiger partial charge on any atom is -0.453 e. The monoisotopic (exact) mass is 579 g/mol. The van der Waals surface area contributed by atoms with Crippen LogP contribution in [0.3, 0.4) is 0 Å². The molecule has 2 atom stereocenters. The van der Waals surface area contributed by atoms with Crippen LogP contribution < -0.4 is 5.32 Å². The minimum atomic E-state index is -0.610. The highest BCUT2D eigenvalue weighted by Crippen LogP contribution is 2.52. The van der Waals surface area contributed by atoms with Crippen molar-refractivity contribution in [1.82, 2.24) is 35.1 Å². The summed E-state index contributed by atoms with van der Waals surface area (Å²) in [5.41, 5.74) is 9.88. The SMILES string of the molecule is COC(=O)NCC(=O)N1CCCC1c1ncc(-c2ccc(-c3ccc(-c4cnc[nH]4)cc3)c3c2CCC32CCN(C)C2)[nH]1. The fourth-order valence-corrected chi connectivity index (χ4v) is 7.54. The molecule has 2 unspecified atom stereocenters. The Labute approximate surface area is 250 Å².